The second-order valence-corrected chi connectivity index (χ2v) is 3.33. The van der Waals surface area contributed by atoms with Crippen molar-refractivity contribution in [3.05, 3.63) is 35.9 Å². The molecule has 0 unspecified atom stereocenters. The lowest BCUT2D eigenvalue weighted by molar-refractivity contribution is 1.50. The van der Waals surface area contributed by atoms with E-state index in [1.165, 1.54) is 0 Å². The van der Waals surface area contributed by atoms with Crippen molar-refractivity contribution in [2.75, 3.05) is 11.5 Å². The second kappa shape index (κ2) is 2.66. The summed E-state index contributed by atoms with van der Waals surface area (Å²) in [5, 5.41) is 2.18. The van der Waals surface area contributed by atoms with Gasteiger partial charge < -0.3 is 11.5 Å². The first kappa shape index (κ1) is 7.92. The van der Waals surface area contributed by atoms with Crippen LogP contribution in [0.5, 0.6) is 0 Å². The Morgan fingerprint density at radius 3 is 2.54 bits per heavy atom. The smallest absolute Gasteiger partial charge is 0.0396 e. The lowest BCUT2D eigenvalue weighted by Gasteiger charge is -2.04. The fraction of sp³-hybridized carbons (Fsp3) is 0.0909. The Morgan fingerprint density at radius 1 is 1.00 bits per heavy atom. The number of fused-ring (bicyclic) bond motifs is 1. The van der Waals surface area contributed by atoms with Gasteiger partial charge in [0.05, 0.1) is 0 Å². The molecule has 2 aromatic rings. The molecule has 0 saturated heterocycles. The fourth-order valence-corrected chi connectivity index (χ4v) is 1.57. The van der Waals surface area contributed by atoms with Gasteiger partial charge in [-0.05, 0) is 36.1 Å². The topological polar surface area (TPSA) is 52.0 Å². The van der Waals surface area contributed by atoms with E-state index in [-0.39, 0.29) is 0 Å². The van der Waals surface area contributed by atoms with E-state index < -0.39 is 0 Å². The summed E-state index contributed by atoms with van der Waals surface area (Å²) in [6, 6.07) is 9.83. The molecule has 2 heteroatoms. The van der Waals surface area contributed by atoms with E-state index in [0.717, 1.165) is 27.7 Å². The van der Waals surface area contributed by atoms with Crippen LogP contribution in [0, 0.1) is 6.92 Å². The van der Waals surface area contributed by atoms with Gasteiger partial charge in [0.1, 0.15) is 0 Å². The molecular formula is C11H12N2. The number of aryl methyl sites for hydroxylation is 1. The number of hydrogen-bond acceptors (Lipinski definition) is 2. The van der Waals surface area contributed by atoms with Crippen molar-refractivity contribution < 1.29 is 0 Å². The normalized spacial score (nSPS) is 10.5. The molecule has 0 aliphatic carbocycles. The maximum Gasteiger partial charge on any atom is 0.0396 e. The van der Waals surface area contributed by atoms with Crippen LogP contribution in [0.4, 0.5) is 11.4 Å². The summed E-state index contributed by atoms with van der Waals surface area (Å²) in [5.74, 6) is 0. The van der Waals surface area contributed by atoms with Gasteiger partial charge in [-0.3, -0.25) is 0 Å². The first-order valence-electron chi connectivity index (χ1n) is 4.22. The number of hydrogen-bond donors (Lipinski definition) is 2. The summed E-state index contributed by atoms with van der Waals surface area (Å²) in [4.78, 5) is 0. The summed E-state index contributed by atoms with van der Waals surface area (Å²) in [6.07, 6.45) is 0. The number of nitrogen functional groups attached to an aromatic ring is 2. The van der Waals surface area contributed by atoms with E-state index in [1.807, 2.05) is 31.2 Å². The quantitative estimate of drug-likeness (QED) is 0.599. The predicted octanol–water partition coefficient (Wildman–Crippen LogP) is 2.31. The molecule has 66 valence electrons. The lowest BCUT2D eigenvalue weighted by Crippen LogP contribution is -1.90. The van der Waals surface area contributed by atoms with Gasteiger partial charge in [-0.15, -0.1) is 0 Å². The van der Waals surface area contributed by atoms with Crippen LogP contribution in [0.25, 0.3) is 10.8 Å². The molecule has 0 aliphatic heterocycles. The van der Waals surface area contributed by atoms with Crippen molar-refractivity contribution in [1.82, 2.24) is 0 Å². The summed E-state index contributed by atoms with van der Waals surface area (Å²) in [7, 11) is 0. The van der Waals surface area contributed by atoms with Crippen molar-refractivity contribution >= 4 is 22.1 Å². The zero-order valence-corrected chi connectivity index (χ0v) is 7.54. The standard InChI is InChI=1S/C11H12N2/c1-7-4-8-6-9(12)2-3-10(8)11(13)5-7/h2-6H,12-13H2,1H3. The Morgan fingerprint density at radius 2 is 1.77 bits per heavy atom. The molecule has 0 bridgehead atoms. The van der Waals surface area contributed by atoms with Crippen molar-refractivity contribution in [3.63, 3.8) is 0 Å². The molecule has 0 radical (unpaired) electrons. The van der Waals surface area contributed by atoms with E-state index in [4.69, 9.17) is 11.5 Å². The molecular weight excluding hydrogens is 160 g/mol. The molecule has 0 atom stereocenters. The molecule has 0 aromatic heterocycles. The van der Waals surface area contributed by atoms with Crippen molar-refractivity contribution in [2.45, 2.75) is 6.92 Å². The van der Waals surface area contributed by atoms with Crippen LogP contribution in [0.15, 0.2) is 30.3 Å². The van der Waals surface area contributed by atoms with Gasteiger partial charge in [-0.2, -0.15) is 0 Å². The highest BCUT2D eigenvalue weighted by Crippen LogP contribution is 2.24. The zero-order valence-electron chi connectivity index (χ0n) is 7.54. The largest absolute Gasteiger partial charge is 0.399 e. The Hall–Kier alpha value is -1.70. The van der Waals surface area contributed by atoms with Gasteiger partial charge in [0.15, 0.2) is 0 Å². The lowest BCUT2D eigenvalue weighted by atomic mass is 10.1. The fourth-order valence-electron chi connectivity index (χ4n) is 1.57. The van der Waals surface area contributed by atoms with Gasteiger partial charge in [0.25, 0.3) is 0 Å². The van der Waals surface area contributed by atoms with Crippen molar-refractivity contribution in [1.29, 1.82) is 0 Å². The monoisotopic (exact) mass is 172 g/mol. The van der Waals surface area contributed by atoms with Crippen LogP contribution in [0.2, 0.25) is 0 Å². The van der Waals surface area contributed by atoms with Crippen LogP contribution in [0.1, 0.15) is 5.56 Å². The number of nitrogens with two attached hydrogens (primary N) is 2. The average Bonchev–Trinajstić information content (AvgIpc) is 2.02. The van der Waals surface area contributed by atoms with Crippen LogP contribution in [-0.4, -0.2) is 0 Å². The highest BCUT2D eigenvalue weighted by molar-refractivity contribution is 5.95. The summed E-state index contributed by atoms with van der Waals surface area (Å²) >= 11 is 0. The van der Waals surface area contributed by atoms with E-state index in [9.17, 15) is 0 Å². The third kappa shape index (κ3) is 1.31. The Bertz CT molecular complexity index is 456. The minimum absolute atomic E-state index is 0.775. The summed E-state index contributed by atoms with van der Waals surface area (Å²) in [5.41, 5.74) is 14.3. The molecule has 2 rings (SSSR count). The minimum Gasteiger partial charge on any atom is -0.399 e. The maximum atomic E-state index is 5.87. The van der Waals surface area contributed by atoms with Gasteiger partial charge >= 0.3 is 0 Å². The Kier molecular flexibility index (Phi) is 1.62. The molecule has 0 heterocycles. The van der Waals surface area contributed by atoms with Gasteiger partial charge in [-0.1, -0.05) is 12.1 Å². The molecule has 13 heavy (non-hydrogen) atoms. The molecule has 0 amide bonds. The van der Waals surface area contributed by atoms with Crippen LogP contribution < -0.4 is 11.5 Å². The van der Waals surface area contributed by atoms with E-state index >= 15 is 0 Å². The van der Waals surface area contributed by atoms with E-state index in [1.54, 1.807) is 0 Å². The number of rotatable bonds is 0. The SMILES string of the molecule is Cc1cc(N)c2ccc(N)cc2c1. The third-order valence-electron chi connectivity index (χ3n) is 2.15. The highest BCUT2D eigenvalue weighted by atomic mass is 14.6. The third-order valence-corrected chi connectivity index (χ3v) is 2.15. The molecule has 0 aliphatic rings. The van der Waals surface area contributed by atoms with E-state index in [0.29, 0.717) is 0 Å². The number of anilines is 2. The van der Waals surface area contributed by atoms with Crippen LogP contribution in [-0.2, 0) is 0 Å². The number of benzene rings is 2. The summed E-state index contributed by atoms with van der Waals surface area (Å²) in [6.45, 7) is 2.03. The van der Waals surface area contributed by atoms with Gasteiger partial charge in [0.2, 0.25) is 0 Å². The molecule has 4 N–H and O–H groups in total. The molecule has 2 nitrogen and oxygen atoms in total. The maximum absolute atomic E-state index is 5.87. The van der Waals surface area contributed by atoms with Crippen LogP contribution >= 0.6 is 0 Å². The second-order valence-electron chi connectivity index (χ2n) is 3.33. The first-order valence-corrected chi connectivity index (χ1v) is 4.22. The van der Waals surface area contributed by atoms with Crippen LogP contribution in [0.3, 0.4) is 0 Å². The van der Waals surface area contributed by atoms with Crippen molar-refractivity contribution in [3.8, 4) is 0 Å². The van der Waals surface area contributed by atoms with Gasteiger partial charge in [-0.25, -0.2) is 0 Å². The minimum atomic E-state index is 0.775. The summed E-state index contributed by atoms with van der Waals surface area (Å²) < 4.78 is 0. The molecule has 0 fully saturated rings. The Balaban J connectivity index is 2.86. The predicted molar refractivity (Wildman–Crippen MR) is 57.5 cm³/mol. The van der Waals surface area contributed by atoms with E-state index in [2.05, 4.69) is 6.07 Å². The van der Waals surface area contributed by atoms with Gasteiger partial charge in [0, 0.05) is 16.8 Å². The average molecular weight is 172 g/mol. The molecule has 2 aromatic carbocycles. The molecule has 0 saturated carbocycles. The zero-order chi connectivity index (χ0) is 9.42. The molecule has 0 spiro atoms. The Labute approximate surface area is 77.2 Å². The first-order chi connectivity index (χ1) is 6.16. The highest BCUT2D eigenvalue weighted by Gasteiger charge is 1.98. The van der Waals surface area contributed by atoms with Crippen molar-refractivity contribution in [2.24, 2.45) is 0 Å².